The highest BCUT2D eigenvalue weighted by Gasteiger charge is 2.35. The van der Waals surface area contributed by atoms with Gasteiger partial charge in [0.05, 0.1) is 5.02 Å². The highest BCUT2D eigenvalue weighted by molar-refractivity contribution is 6.30. The van der Waals surface area contributed by atoms with Crippen LogP contribution in [0.4, 0.5) is 0 Å². The molecule has 1 aliphatic rings. The average Bonchev–Trinajstić information content (AvgIpc) is 3.23. The minimum atomic E-state index is -0.178. The van der Waals surface area contributed by atoms with Gasteiger partial charge in [0, 0.05) is 37.6 Å². The minimum Gasteiger partial charge on any atom is -0.348 e. The van der Waals surface area contributed by atoms with E-state index in [2.05, 4.69) is 25.6 Å². The number of halogens is 1. The lowest BCUT2D eigenvalue weighted by Gasteiger charge is -2.34. The third kappa shape index (κ3) is 3.32. The predicted molar refractivity (Wildman–Crippen MR) is 94.8 cm³/mol. The summed E-state index contributed by atoms with van der Waals surface area (Å²) in [6, 6.07) is 5.29. The predicted octanol–water partition coefficient (Wildman–Crippen LogP) is 1.78. The second kappa shape index (κ2) is 6.87. The van der Waals surface area contributed by atoms with Gasteiger partial charge in [-0.2, -0.15) is 5.10 Å². The Bertz CT molecular complexity index is 898. The number of carbonyl (C=O) groups is 1. The van der Waals surface area contributed by atoms with Crippen molar-refractivity contribution < 1.29 is 4.79 Å². The summed E-state index contributed by atoms with van der Waals surface area (Å²) in [5.41, 5.74) is 0.373. The monoisotopic (exact) mass is 371 g/mol. The van der Waals surface area contributed by atoms with Gasteiger partial charge in [0.2, 0.25) is 0 Å². The molecule has 4 rings (SSSR count). The zero-order chi connectivity index (χ0) is 18.1. The number of hydrogen-bond acceptors (Lipinski definition) is 5. The van der Waals surface area contributed by atoms with Crippen LogP contribution < -0.4 is 5.32 Å². The van der Waals surface area contributed by atoms with Crippen molar-refractivity contribution in [3.05, 3.63) is 59.2 Å². The Balaban J connectivity index is 1.34. The number of aromatic nitrogens is 6. The SMILES string of the molecule is Cn1c(Cn2cccn2)nnc1C1CC(NC(=O)c2ccc(Cl)cn2)C1. The van der Waals surface area contributed by atoms with E-state index in [0.29, 0.717) is 23.2 Å². The Kier molecular flexibility index (Phi) is 4.42. The number of pyridine rings is 1. The van der Waals surface area contributed by atoms with Crippen molar-refractivity contribution in [1.82, 2.24) is 34.8 Å². The van der Waals surface area contributed by atoms with Gasteiger partial charge in [-0.1, -0.05) is 11.6 Å². The van der Waals surface area contributed by atoms with Gasteiger partial charge in [-0.15, -0.1) is 10.2 Å². The molecule has 3 aromatic rings. The molecule has 1 N–H and O–H groups in total. The van der Waals surface area contributed by atoms with Crippen molar-refractivity contribution in [3.63, 3.8) is 0 Å². The van der Waals surface area contributed by atoms with Crippen LogP contribution in [0.3, 0.4) is 0 Å². The third-order valence-electron chi connectivity index (χ3n) is 4.66. The number of carbonyl (C=O) groups excluding carboxylic acids is 1. The van der Waals surface area contributed by atoms with Crippen molar-refractivity contribution in [3.8, 4) is 0 Å². The zero-order valence-corrected chi connectivity index (χ0v) is 15.0. The highest BCUT2D eigenvalue weighted by Crippen LogP contribution is 2.36. The van der Waals surface area contributed by atoms with Crippen LogP contribution in [0.2, 0.25) is 5.02 Å². The number of amides is 1. The van der Waals surface area contributed by atoms with Crippen molar-refractivity contribution in [2.75, 3.05) is 0 Å². The molecule has 3 aromatic heterocycles. The van der Waals surface area contributed by atoms with Crippen LogP contribution >= 0.6 is 11.6 Å². The maximum absolute atomic E-state index is 12.2. The van der Waals surface area contributed by atoms with Crippen LogP contribution in [0, 0.1) is 0 Å². The molecule has 3 heterocycles. The first-order valence-corrected chi connectivity index (χ1v) is 8.76. The summed E-state index contributed by atoms with van der Waals surface area (Å²) >= 11 is 5.79. The molecule has 26 heavy (non-hydrogen) atoms. The first-order chi connectivity index (χ1) is 12.6. The van der Waals surface area contributed by atoms with E-state index < -0.39 is 0 Å². The summed E-state index contributed by atoms with van der Waals surface area (Å²) in [6.07, 6.45) is 6.79. The van der Waals surface area contributed by atoms with Gasteiger partial charge < -0.3 is 9.88 Å². The van der Waals surface area contributed by atoms with E-state index in [1.165, 1.54) is 6.20 Å². The summed E-state index contributed by atoms with van der Waals surface area (Å²) in [7, 11) is 1.97. The Labute approximate surface area is 155 Å². The van der Waals surface area contributed by atoms with Crippen LogP contribution in [-0.2, 0) is 13.6 Å². The maximum Gasteiger partial charge on any atom is 0.270 e. The van der Waals surface area contributed by atoms with Crippen molar-refractivity contribution in [2.24, 2.45) is 7.05 Å². The van der Waals surface area contributed by atoms with Crippen LogP contribution in [-0.4, -0.2) is 41.5 Å². The molecular weight excluding hydrogens is 354 g/mol. The topological polar surface area (TPSA) is 90.5 Å². The molecule has 1 amide bonds. The standard InChI is InChI=1S/C17H18ClN7O/c1-24-15(10-25-6-2-5-20-25)22-23-16(24)11-7-13(8-11)21-17(26)14-4-3-12(18)9-19-14/h2-6,9,11,13H,7-8,10H2,1H3,(H,21,26). The van der Waals surface area contributed by atoms with Crippen LogP contribution in [0.1, 0.15) is 40.9 Å². The number of hydrogen-bond donors (Lipinski definition) is 1. The van der Waals surface area contributed by atoms with Crippen LogP contribution in [0.15, 0.2) is 36.8 Å². The van der Waals surface area contributed by atoms with Gasteiger partial charge in [-0.05, 0) is 31.0 Å². The van der Waals surface area contributed by atoms with E-state index in [1.54, 1.807) is 18.3 Å². The molecule has 1 saturated carbocycles. The Hall–Kier alpha value is -2.74. The van der Waals surface area contributed by atoms with Gasteiger partial charge in [0.1, 0.15) is 18.1 Å². The van der Waals surface area contributed by atoms with Crippen LogP contribution in [0.25, 0.3) is 0 Å². The second-order valence-corrected chi connectivity index (χ2v) is 6.87. The Morgan fingerprint density at radius 1 is 1.35 bits per heavy atom. The molecule has 8 nitrogen and oxygen atoms in total. The van der Waals surface area contributed by atoms with E-state index in [4.69, 9.17) is 11.6 Å². The lowest BCUT2D eigenvalue weighted by atomic mass is 9.79. The number of rotatable bonds is 5. The Morgan fingerprint density at radius 2 is 2.19 bits per heavy atom. The first kappa shape index (κ1) is 16.7. The largest absolute Gasteiger partial charge is 0.348 e. The summed E-state index contributed by atoms with van der Waals surface area (Å²) in [5.74, 6) is 1.92. The number of nitrogens with one attached hydrogen (secondary N) is 1. The zero-order valence-electron chi connectivity index (χ0n) is 14.2. The molecule has 0 bridgehead atoms. The lowest BCUT2D eigenvalue weighted by Crippen LogP contribution is -2.44. The minimum absolute atomic E-state index is 0.122. The molecule has 0 unspecified atom stereocenters. The summed E-state index contributed by atoms with van der Waals surface area (Å²) < 4.78 is 3.84. The van der Waals surface area contributed by atoms with Crippen molar-refractivity contribution in [1.29, 1.82) is 0 Å². The Morgan fingerprint density at radius 3 is 2.88 bits per heavy atom. The van der Waals surface area contributed by atoms with Gasteiger partial charge in [-0.3, -0.25) is 9.48 Å². The fourth-order valence-electron chi connectivity index (χ4n) is 3.12. The number of nitrogens with zero attached hydrogens (tertiary/aromatic N) is 6. The molecule has 0 saturated heterocycles. The molecule has 0 radical (unpaired) electrons. The third-order valence-corrected chi connectivity index (χ3v) is 4.88. The normalized spacial score (nSPS) is 19.2. The maximum atomic E-state index is 12.2. The van der Waals surface area contributed by atoms with E-state index in [1.807, 2.05) is 28.6 Å². The van der Waals surface area contributed by atoms with Crippen molar-refractivity contribution >= 4 is 17.5 Å². The highest BCUT2D eigenvalue weighted by atomic mass is 35.5. The fourth-order valence-corrected chi connectivity index (χ4v) is 3.24. The summed E-state index contributed by atoms with van der Waals surface area (Å²) in [5, 5.41) is 16.3. The molecule has 1 aliphatic carbocycles. The second-order valence-electron chi connectivity index (χ2n) is 6.44. The molecule has 0 spiro atoms. The molecule has 0 aliphatic heterocycles. The molecule has 1 fully saturated rings. The van der Waals surface area contributed by atoms with Crippen molar-refractivity contribution in [2.45, 2.75) is 31.3 Å². The molecule has 9 heteroatoms. The van der Waals surface area contributed by atoms with E-state index in [0.717, 1.165) is 24.5 Å². The van der Waals surface area contributed by atoms with Gasteiger partial charge in [0.25, 0.3) is 5.91 Å². The summed E-state index contributed by atoms with van der Waals surface area (Å²) in [4.78, 5) is 16.2. The molecule has 0 aromatic carbocycles. The van der Waals surface area contributed by atoms with E-state index in [9.17, 15) is 4.79 Å². The van der Waals surface area contributed by atoms with Gasteiger partial charge >= 0.3 is 0 Å². The quantitative estimate of drug-likeness (QED) is 0.738. The summed E-state index contributed by atoms with van der Waals surface area (Å²) in [6.45, 7) is 0.589. The van der Waals surface area contributed by atoms with Gasteiger partial charge in [-0.25, -0.2) is 4.98 Å². The smallest absolute Gasteiger partial charge is 0.270 e. The molecular formula is C17H18ClN7O. The average molecular weight is 372 g/mol. The lowest BCUT2D eigenvalue weighted by molar-refractivity contribution is 0.0902. The van der Waals surface area contributed by atoms with Gasteiger partial charge in [0.15, 0.2) is 5.82 Å². The first-order valence-electron chi connectivity index (χ1n) is 8.38. The van der Waals surface area contributed by atoms with E-state index in [-0.39, 0.29) is 11.9 Å². The molecule has 0 atom stereocenters. The van der Waals surface area contributed by atoms with E-state index >= 15 is 0 Å². The fraction of sp³-hybridized carbons (Fsp3) is 0.353. The molecule has 134 valence electrons. The van der Waals surface area contributed by atoms with Crippen LogP contribution in [0.5, 0.6) is 0 Å².